The second-order valence-corrected chi connectivity index (χ2v) is 6.97. The van der Waals surface area contributed by atoms with Gasteiger partial charge < -0.3 is 10.6 Å². The smallest absolute Gasteiger partial charge is 0.241 e. The van der Waals surface area contributed by atoms with Gasteiger partial charge in [0.1, 0.15) is 0 Å². The lowest BCUT2D eigenvalue weighted by molar-refractivity contribution is -0.118. The Labute approximate surface area is 118 Å². The van der Waals surface area contributed by atoms with Gasteiger partial charge in [0.25, 0.3) is 0 Å². The van der Waals surface area contributed by atoms with Crippen molar-refractivity contribution in [1.29, 1.82) is 0 Å². The molecule has 20 heavy (non-hydrogen) atoms. The molecule has 2 N–H and O–H groups in total. The van der Waals surface area contributed by atoms with Crippen LogP contribution in [0.1, 0.15) is 25.7 Å². The van der Waals surface area contributed by atoms with Crippen molar-refractivity contribution in [3.8, 4) is 0 Å². The molecule has 0 aliphatic carbocycles. The third-order valence-electron chi connectivity index (χ3n) is 3.26. The molecule has 1 saturated heterocycles. The lowest BCUT2D eigenvalue weighted by Gasteiger charge is -2.15. The maximum atomic E-state index is 12.1. The van der Waals surface area contributed by atoms with Gasteiger partial charge in [-0.25, -0.2) is 13.4 Å². The molecule has 2 rings (SSSR count). The van der Waals surface area contributed by atoms with Crippen molar-refractivity contribution in [3.63, 3.8) is 0 Å². The average Bonchev–Trinajstić information content (AvgIpc) is 2.67. The van der Waals surface area contributed by atoms with Crippen LogP contribution in [-0.2, 0) is 14.6 Å². The highest BCUT2D eigenvalue weighted by Gasteiger charge is 2.19. The minimum atomic E-state index is -3.31. The van der Waals surface area contributed by atoms with Gasteiger partial charge in [0, 0.05) is 6.26 Å². The van der Waals surface area contributed by atoms with Gasteiger partial charge in [-0.15, -0.1) is 0 Å². The zero-order valence-corrected chi connectivity index (χ0v) is 12.2. The van der Waals surface area contributed by atoms with E-state index in [4.69, 9.17) is 0 Å². The van der Waals surface area contributed by atoms with E-state index < -0.39 is 9.84 Å². The van der Waals surface area contributed by atoms with Gasteiger partial charge >= 0.3 is 0 Å². The molecule has 0 bridgehead atoms. The Morgan fingerprint density at radius 3 is 2.80 bits per heavy atom. The zero-order chi connectivity index (χ0) is 14.6. The molecule has 7 heteroatoms. The Morgan fingerprint density at radius 1 is 1.35 bits per heavy atom. The number of carbonyl (C=O) groups excluding carboxylic acids is 1. The van der Waals surface area contributed by atoms with Crippen molar-refractivity contribution < 1.29 is 13.2 Å². The molecule has 1 aliphatic rings. The summed E-state index contributed by atoms with van der Waals surface area (Å²) in [4.78, 5) is 15.9. The fourth-order valence-corrected chi connectivity index (χ4v) is 2.71. The maximum absolute atomic E-state index is 12.1. The van der Waals surface area contributed by atoms with Crippen LogP contribution >= 0.6 is 0 Å². The van der Waals surface area contributed by atoms with Crippen LogP contribution in [0.5, 0.6) is 0 Å². The van der Waals surface area contributed by atoms with Gasteiger partial charge in [0.2, 0.25) is 5.91 Å². The molecule has 0 radical (unpaired) electrons. The normalized spacial score (nSPS) is 20.1. The largest absolute Gasteiger partial charge is 0.323 e. The van der Waals surface area contributed by atoms with Crippen LogP contribution in [0.25, 0.3) is 0 Å². The van der Waals surface area contributed by atoms with E-state index >= 15 is 0 Å². The number of amides is 1. The molecule has 1 aromatic rings. The van der Waals surface area contributed by atoms with Gasteiger partial charge in [0.05, 0.1) is 17.9 Å². The van der Waals surface area contributed by atoms with Gasteiger partial charge in [-0.1, -0.05) is 12.8 Å². The molecule has 2 heterocycles. The Kier molecular flexibility index (Phi) is 4.72. The minimum absolute atomic E-state index is 0.00286. The first-order valence-corrected chi connectivity index (χ1v) is 8.56. The van der Waals surface area contributed by atoms with Crippen molar-refractivity contribution in [1.82, 2.24) is 10.3 Å². The van der Waals surface area contributed by atoms with E-state index in [0.717, 1.165) is 38.5 Å². The van der Waals surface area contributed by atoms with E-state index in [1.807, 2.05) is 0 Å². The maximum Gasteiger partial charge on any atom is 0.241 e. The molecule has 1 aromatic heterocycles. The van der Waals surface area contributed by atoms with E-state index in [1.54, 1.807) is 6.07 Å². The number of rotatable bonds is 3. The minimum Gasteiger partial charge on any atom is -0.323 e. The molecule has 1 amide bonds. The van der Waals surface area contributed by atoms with Crippen LogP contribution in [0.4, 0.5) is 5.69 Å². The number of hydrogen-bond acceptors (Lipinski definition) is 5. The Morgan fingerprint density at radius 2 is 2.15 bits per heavy atom. The first-order valence-electron chi connectivity index (χ1n) is 6.67. The van der Waals surface area contributed by atoms with E-state index in [-0.39, 0.29) is 17.0 Å². The number of carbonyl (C=O) groups is 1. The summed E-state index contributed by atoms with van der Waals surface area (Å²) in [6, 6.07) is 2.76. The lowest BCUT2D eigenvalue weighted by Crippen LogP contribution is -2.39. The molecule has 1 atom stereocenters. The fourth-order valence-electron chi connectivity index (χ4n) is 2.16. The number of nitrogens with one attached hydrogen (secondary N) is 2. The summed E-state index contributed by atoms with van der Waals surface area (Å²) >= 11 is 0. The number of pyridine rings is 1. The highest BCUT2D eigenvalue weighted by atomic mass is 32.2. The zero-order valence-electron chi connectivity index (χ0n) is 11.4. The summed E-state index contributed by atoms with van der Waals surface area (Å²) in [5.74, 6) is -0.0965. The van der Waals surface area contributed by atoms with Gasteiger partial charge in [-0.2, -0.15) is 0 Å². The van der Waals surface area contributed by atoms with Crippen molar-refractivity contribution in [2.24, 2.45) is 0 Å². The van der Waals surface area contributed by atoms with Crippen molar-refractivity contribution in [3.05, 3.63) is 18.3 Å². The molecule has 0 aromatic carbocycles. The van der Waals surface area contributed by atoms with E-state index in [1.165, 1.54) is 12.3 Å². The van der Waals surface area contributed by atoms with Crippen LogP contribution in [0.15, 0.2) is 23.4 Å². The SMILES string of the molecule is CS(=O)(=O)c1ccc(NC(=O)C2CCCCCN2)cn1. The van der Waals surface area contributed by atoms with Crippen molar-refractivity contribution in [2.45, 2.75) is 36.8 Å². The molecular weight excluding hydrogens is 278 g/mol. The summed E-state index contributed by atoms with van der Waals surface area (Å²) in [6.45, 7) is 0.851. The molecule has 0 saturated carbocycles. The number of aromatic nitrogens is 1. The second kappa shape index (κ2) is 6.32. The predicted molar refractivity (Wildman–Crippen MR) is 76.2 cm³/mol. The standard InChI is InChI=1S/C13H19N3O3S/c1-20(18,19)12-7-6-10(9-15-12)16-13(17)11-5-3-2-4-8-14-11/h6-7,9,11,14H,2-5,8H2,1H3,(H,16,17). The number of anilines is 1. The highest BCUT2D eigenvalue weighted by Crippen LogP contribution is 2.13. The molecule has 0 spiro atoms. The van der Waals surface area contributed by atoms with Gasteiger partial charge in [-0.3, -0.25) is 4.79 Å². The molecule has 110 valence electrons. The van der Waals surface area contributed by atoms with Gasteiger partial charge in [0.15, 0.2) is 14.9 Å². The lowest BCUT2D eigenvalue weighted by atomic mass is 10.1. The Hall–Kier alpha value is -1.47. The molecule has 1 aliphatic heterocycles. The number of nitrogens with zero attached hydrogens (tertiary/aromatic N) is 1. The summed E-state index contributed by atoms with van der Waals surface area (Å²) in [5.41, 5.74) is 0.508. The van der Waals surface area contributed by atoms with Crippen LogP contribution in [-0.4, -0.2) is 38.2 Å². The van der Waals surface area contributed by atoms with Crippen LogP contribution in [0.3, 0.4) is 0 Å². The third-order valence-corrected chi connectivity index (χ3v) is 4.26. The predicted octanol–water partition coefficient (Wildman–Crippen LogP) is 0.956. The highest BCUT2D eigenvalue weighted by molar-refractivity contribution is 7.90. The van der Waals surface area contributed by atoms with Crippen molar-refractivity contribution in [2.75, 3.05) is 18.1 Å². The first-order chi connectivity index (χ1) is 9.47. The van der Waals surface area contributed by atoms with E-state index in [9.17, 15) is 13.2 Å². The van der Waals surface area contributed by atoms with Crippen molar-refractivity contribution >= 4 is 21.4 Å². The molecule has 6 nitrogen and oxygen atoms in total. The van der Waals surface area contributed by atoms with E-state index in [2.05, 4.69) is 15.6 Å². The molecule has 1 fully saturated rings. The summed E-state index contributed by atoms with van der Waals surface area (Å²) < 4.78 is 22.6. The van der Waals surface area contributed by atoms with E-state index in [0.29, 0.717) is 5.69 Å². The first kappa shape index (κ1) is 14.9. The Balaban J connectivity index is 2.00. The summed E-state index contributed by atoms with van der Waals surface area (Å²) in [7, 11) is -3.31. The third kappa shape index (κ3) is 4.01. The average molecular weight is 297 g/mol. The number of hydrogen-bond donors (Lipinski definition) is 2. The Bertz CT molecular complexity index is 561. The van der Waals surface area contributed by atoms with Crippen LogP contribution in [0.2, 0.25) is 0 Å². The summed E-state index contributed by atoms with van der Waals surface area (Å²) in [5, 5.41) is 5.97. The van der Waals surface area contributed by atoms with Crippen LogP contribution in [0, 0.1) is 0 Å². The monoisotopic (exact) mass is 297 g/mol. The number of sulfone groups is 1. The topological polar surface area (TPSA) is 88.2 Å². The second-order valence-electron chi connectivity index (χ2n) is 5.00. The summed E-state index contributed by atoms with van der Waals surface area (Å²) in [6.07, 6.45) is 6.56. The molecular formula is C13H19N3O3S. The molecule has 1 unspecified atom stereocenters. The quantitative estimate of drug-likeness (QED) is 0.867. The fraction of sp³-hybridized carbons (Fsp3) is 0.538. The van der Waals surface area contributed by atoms with Gasteiger partial charge in [-0.05, 0) is 31.5 Å². The van der Waals surface area contributed by atoms with Crippen LogP contribution < -0.4 is 10.6 Å².